The number of imidazole rings is 1. The van der Waals surface area contributed by atoms with Gasteiger partial charge in [0.2, 0.25) is 0 Å². The molecule has 9 heteroatoms. The summed E-state index contributed by atoms with van der Waals surface area (Å²) in [5.41, 5.74) is -0.256. The molecule has 0 amide bonds. The van der Waals surface area contributed by atoms with Gasteiger partial charge in [-0.25, -0.2) is 18.2 Å². The third-order valence-corrected chi connectivity index (χ3v) is 3.95. The molecule has 0 aliphatic heterocycles. The summed E-state index contributed by atoms with van der Waals surface area (Å²) in [6.07, 6.45) is 0. The van der Waals surface area contributed by atoms with Crippen LogP contribution in [0.1, 0.15) is 5.82 Å². The van der Waals surface area contributed by atoms with Gasteiger partial charge in [-0.3, -0.25) is 4.57 Å². The molecule has 0 fully saturated rings. The van der Waals surface area contributed by atoms with E-state index in [4.69, 9.17) is 16.3 Å². The number of nitrogens with zero attached hydrogens (tertiary/aromatic N) is 3. The maximum Gasteiger partial charge on any atom is 0.156 e. The molecule has 0 saturated heterocycles. The van der Waals surface area contributed by atoms with E-state index in [-0.39, 0.29) is 22.4 Å². The molecule has 5 nitrogen and oxygen atoms in total. The van der Waals surface area contributed by atoms with Gasteiger partial charge in [0.05, 0.1) is 18.4 Å². The van der Waals surface area contributed by atoms with Crippen molar-refractivity contribution in [3.8, 4) is 22.7 Å². The molecular formula is C17H11ClF3N3O2. The van der Waals surface area contributed by atoms with Gasteiger partial charge in [-0.05, 0) is 24.3 Å². The van der Waals surface area contributed by atoms with Crippen molar-refractivity contribution in [3.05, 3.63) is 69.7 Å². The van der Waals surface area contributed by atoms with Crippen LogP contribution in [0.2, 0.25) is 5.15 Å². The molecule has 0 radical (unpaired) electrons. The van der Waals surface area contributed by atoms with E-state index in [1.54, 1.807) is 0 Å². The lowest BCUT2D eigenvalue weighted by molar-refractivity contribution is 0.407. The van der Waals surface area contributed by atoms with Crippen LogP contribution in [0.3, 0.4) is 0 Å². The number of nitroso groups, excluding NO2 is 1. The summed E-state index contributed by atoms with van der Waals surface area (Å²) in [7, 11) is 1.28. The number of methoxy groups -OCH3 is 1. The molecule has 1 heterocycles. The lowest BCUT2D eigenvalue weighted by Crippen LogP contribution is -2.05. The monoisotopic (exact) mass is 381 g/mol. The Hall–Kier alpha value is -2.87. The minimum Gasteiger partial charge on any atom is -0.497 e. The van der Waals surface area contributed by atoms with Crippen molar-refractivity contribution in [2.75, 3.05) is 7.11 Å². The number of halogens is 4. The molecule has 0 bridgehead atoms. The zero-order valence-electron chi connectivity index (χ0n) is 13.3. The maximum atomic E-state index is 14.6. The molecule has 0 aliphatic rings. The lowest BCUT2D eigenvalue weighted by Gasteiger charge is -2.13. The van der Waals surface area contributed by atoms with E-state index in [1.165, 1.54) is 23.8 Å². The van der Waals surface area contributed by atoms with Crippen LogP contribution in [-0.4, -0.2) is 16.7 Å². The van der Waals surface area contributed by atoms with E-state index in [1.807, 2.05) is 0 Å². The van der Waals surface area contributed by atoms with Gasteiger partial charge in [0.1, 0.15) is 35.6 Å². The predicted octanol–water partition coefficient (Wildman–Crippen LogP) is 4.89. The summed E-state index contributed by atoms with van der Waals surface area (Å²) in [5, 5.41) is 2.53. The highest BCUT2D eigenvalue weighted by molar-refractivity contribution is 6.32. The Kier molecular flexibility index (Phi) is 4.94. The minimum absolute atomic E-state index is 0.0116. The SMILES string of the molecule is COc1cc(F)c(-c2c(Cl)nc(CN=O)n2-c2ccc(F)cc2)c(F)c1. The van der Waals surface area contributed by atoms with E-state index in [9.17, 15) is 18.1 Å². The normalized spacial score (nSPS) is 10.8. The van der Waals surface area contributed by atoms with Crippen molar-refractivity contribution in [1.29, 1.82) is 0 Å². The third-order valence-electron chi connectivity index (χ3n) is 3.68. The molecule has 134 valence electrons. The van der Waals surface area contributed by atoms with Gasteiger partial charge in [0, 0.05) is 17.8 Å². The summed E-state index contributed by atoms with van der Waals surface area (Å²) >= 11 is 6.10. The molecule has 3 rings (SSSR count). The van der Waals surface area contributed by atoms with Crippen molar-refractivity contribution in [3.63, 3.8) is 0 Å². The standard InChI is InChI=1S/C17H11ClF3N3O2/c1-26-11-6-12(20)15(13(21)7-11)16-17(18)23-14(8-22-25)24(16)10-4-2-9(19)3-5-10/h2-7H,8H2,1H3. The highest BCUT2D eigenvalue weighted by atomic mass is 35.5. The molecule has 0 N–H and O–H groups in total. The first-order chi connectivity index (χ1) is 12.5. The van der Waals surface area contributed by atoms with Gasteiger partial charge in [-0.2, -0.15) is 4.91 Å². The fourth-order valence-corrected chi connectivity index (χ4v) is 2.86. The van der Waals surface area contributed by atoms with Gasteiger partial charge >= 0.3 is 0 Å². The summed E-state index contributed by atoms with van der Waals surface area (Å²) in [5.74, 6) is -2.32. The topological polar surface area (TPSA) is 56.5 Å². The number of aromatic nitrogens is 2. The van der Waals surface area contributed by atoms with Crippen LogP contribution in [0.4, 0.5) is 13.2 Å². The van der Waals surface area contributed by atoms with Crippen molar-refractivity contribution >= 4 is 11.6 Å². The highest BCUT2D eigenvalue weighted by Crippen LogP contribution is 2.37. The number of hydrogen-bond acceptors (Lipinski definition) is 4. The van der Waals surface area contributed by atoms with Crippen LogP contribution < -0.4 is 4.74 Å². The van der Waals surface area contributed by atoms with E-state index in [0.29, 0.717) is 5.69 Å². The quantitative estimate of drug-likeness (QED) is 0.591. The predicted molar refractivity (Wildman–Crippen MR) is 89.9 cm³/mol. The number of hydrogen-bond donors (Lipinski definition) is 0. The Bertz CT molecular complexity index is 951. The fourth-order valence-electron chi connectivity index (χ4n) is 2.58. The summed E-state index contributed by atoms with van der Waals surface area (Å²) in [6.45, 7) is -0.392. The first-order valence-corrected chi connectivity index (χ1v) is 7.69. The fraction of sp³-hybridized carbons (Fsp3) is 0.118. The molecule has 0 spiro atoms. The van der Waals surface area contributed by atoms with Crippen molar-refractivity contribution in [2.24, 2.45) is 5.18 Å². The molecule has 1 aromatic heterocycles. The van der Waals surface area contributed by atoms with E-state index in [2.05, 4.69) is 10.2 Å². The summed E-state index contributed by atoms with van der Waals surface area (Å²) < 4.78 is 48.4. The van der Waals surface area contributed by atoms with Crippen molar-refractivity contribution in [2.45, 2.75) is 6.54 Å². The maximum absolute atomic E-state index is 14.6. The van der Waals surface area contributed by atoms with E-state index >= 15 is 0 Å². The van der Waals surface area contributed by atoms with Gasteiger partial charge in [-0.15, -0.1) is 0 Å². The average molecular weight is 382 g/mol. The van der Waals surface area contributed by atoms with Crippen LogP contribution in [0.5, 0.6) is 5.75 Å². The van der Waals surface area contributed by atoms with E-state index < -0.39 is 29.6 Å². The molecule has 2 aromatic carbocycles. The second-order valence-corrected chi connectivity index (χ2v) is 5.59. The van der Waals surface area contributed by atoms with Gasteiger partial charge in [-0.1, -0.05) is 16.8 Å². The highest BCUT2D eigenvalue weighted by Gasteiger charge is 2.25. The second kappa shape index (κ2) is 7.17. The number of benzene rings is 2. The van der Waals surface area contributed by atoms with E-state index in [0.717, 1.165) is 24.3 Å². The molecule has 0 unspecified atom stereocenters. The molecule has 0 saturated carbocycles. The Balaban J connectivity index is 2.32. The average Bonchev–Trinajstić information content (AvgIpc) is 2.91. The van der Waals surface area contributed by atoms with Crippen LogP contribution in [-0.2, 0) is 6.54 Å². The Labute approximate surface area is 151 Å². The Morgan fingerprint density at radius 3 is 2.31 bits per heavy atom. The largest absolute Gasteiger partial charge is 0.497 e. The Morgan fingerprint density at radius 2 is 1.77 bits per heavy atom. The van der Waals surface area contributed by atoms with Gasteiger partial charge in [0.15, 0.2) is 5.15 Å². The minimum atomic E-state index is -0.933. The number of ether oxygens (including phenoxy) is 1. The number of rotatable bonds is 5. The molecule has 0 atom stereocenters. The van der Waals surface area contributed by atoms with Crippen LogP contribution in [0, 0.1) is 22.4 Å². The van der Waals surface area contributed by atoms with Crippen LogP contribution in [0.25, 0.3) is 16.9 Å². The molecule has 0 aliphatic carbocycles. The first kappa shape index (κ1) is 17.9. The van der Waals surface area contributed by atoms with Crippen molar-refractivity contribution < 1.29 is 17.9 Å². The summed E-state index contributed by atoms with van der Waals surface area (Å²) in [6, 6.07) is 7.04. The van der Waals surface area contributed by atoms with Crippen LogP contribution in [0.15, 0.2) is 41.6 Å². The molecule has 26 heavy (non-hydrogen) atoms. The third kappa shape index (κ3) is 3.15. The zero-order valence-corrected chi connectivity index (χ0v) is 14.1. The smallest absolute Gasteiger partial charge is 0.156 e. The first-order valence-electron chi connectivity index (χ1n) is 7.31. The molecular weight excluding hydrogens is 371 g/mol. The van der Waals surface area contributed by atoms with Crippen molar-refractivity contribution in [1.82, 2.24) is 9.55 Å². The lowest BCUT2D eigenvalue weighted by atomic mass is 10.1. The van der Waals surface area contributed by atoms with Crippen LogP contribution >= 0.6 is 11.6 Å². The zero-order chi connectivity index (χ0) is 18.8. The van der Waals surface area contributed by atoms with Gasteiger partial charge in [0.25, 0.3) is 0 Å². The van der Waals surface area contributed by atoms with Gasteiger partial charge < -0.3 is 4.74 Å². The summed E-state index contributed by atoms with van der Waals surface area (Å²) in [4.78, 5) is 14.7. The second-order valence-electron chi connectivity index (χ2n) is 5.23. The Morgan fingerprint density at radius 1 is 1.15 bits per heavy atom. The molecule has 3 aromatic rings.